The van der Waals surface area contributed by atoms with Crippen LogP contribution in [-0.4, -0.2) is 5.78 Å². The number of carbonyl (C=O) groups excluding carboxylic acids is 1. The molecule has 0 bridgehead atoms. The Balaban J connectivity index is 2.06. The summed E-state index contributed by atoms with van der Waals surface area (Å²) in [6, 6.07) is 15.5. The smallest absolute Gasteiger partial charge is 0.203 e. The van der Waals surface area contributed by atoms with Gasteiger partial charge in [-0.3, -0.25) is 4.79 Å². The van der Waals surface area contributed by atoms with Gasteiger partial charge < -0.3 is 0 Å². The van der Waals surface area contributed by atoms with Crippen LogP contribution in [0.1, 0.15) is 15.2 Å². The second-order valence-electron chi connectivity index (χ2n) is 3.99. The van der Waals surface area contributed by atoms with E-state index in [4.69, 9.17) is 0 Å². The van der Waals surface area contributed by atoms with Crippen molar-refractivity contribution in [2.75, 3.05) is 0 Å². The highest BCUT2D eigenvalue weighted by molar-refractivity contribution is 7.21. The molecule has 3 heteroatoms. The average molecular weight is 256 g/mol. The van der Waals surface area contributed by atoms with Gasteiger partial charge in [0.2, 0.25) is 5.78 Å². The predicted octanol–water partition coefficient (Wildman–Crippen LogP) is 4.27. The molecule has 0 spiro atoms. The molecule has 0 atom stereocenters. The molecule has 1 aromatic heterocycles. The average Bonchev–Trinajstić information content (AvgIpc) is 2.81. The van der Waals surface area contributed by atoms with E-state index in [1.54, 1.807) is 12.1 Å². The van der Waals surface area contributed by atoms with E-state index in [-0.39, 0.29) is 11.6 Å². The maximum absolute atomic E-state index is 13.1. The first-order valence-electron chi connectivity index (χ1n) is 5.53. The van der Waals surface area contributed by atoms with Gasteiger partial charge >= 0.3 is 0 Å². The summed E-state index contributed by atoms with van der Waals surface area (Å²) in [6.45, 7) is 0. The maximum atomic E-state index is 13.1. The fourth-order valence-electron chi connectivity index (χ4n) is 1.87. The van der Waals surface area contributed by atoms with Crippen LogP contribution in [0.15, 0.2) is 54.6 Å². The third-order valence-electron chi connectivity index (χ3n) is 2.74. The van der Waals surface area contributed by atoms with E-state index < -0.39 is 0 Å². The van der Waals surface area contributed by atoms with Crippen LogP contribution in [0, 0.1) is 5.82 Å². The third-order valence-corrected chi connectivity index (χ3v) is 3.85. The van der Waals surface area contributed by atoms with Crippen LogP contribution in [0.4, 0.5) is 4.39 Å². The van der Waals surface area contributed by atoms with E-state index in [2.05, 4.69) is 0 Å². The van der Waals surface area contributed by atoms with Gasteiger partial charge in [-0.05, 0) is 29.7 Å². The summed E-state index contributed by atoms with van der Waals surface area (Å²) in [5, 5.41) is 1.04. The Labute approximate surface area is 108 Å². The Morgan fingerprint density at radius 2 is 1.83 bits per heavy atom. The second kappa shape index (κ2) is 4.35. The molecule has 0 radical (unpaired) electrons. The topological polar surface area (TPSA) is 17.1 Å². The molecular weight excluding hydrogens is 247 g/mol. The number of fused-ring (bicyclic) bond motifs is 1. The van der Waals surface area contributed by atoms with Crippen LogP contribution in [0.25, 0.3) is 10.1 Å². The minimum Gasteiger partial charge on any atom is -0.288 e. The van der Waals surface area contributed by atoms with Gasteiger partial charge in [0.25, 0.3) is 0 Å². The molecule has 1 heterocycles. The lowest BCUT2D eigenvalue weighted by Gasteiger charge is -1.97. The molecule has 0 unspecified atom stereocenters. The van der Waals surface area contributed by atoms with Crippen molar-refractivity contribution in [2.24, 2.45) is 0 Å². The summed E-state index contributed by atoms with van der Waals surface area (Å²) in [5.41, 5.74) is 0.390. The van der Waals surface area contributed by atoms with Gasteiger partial charge in [-0.15, -0.1) is 11.3 Å². The summed E-state index contributed by atoms with van der Waals surface area (Å²) >= 11 is 1.43. The Morgan fingerprint density at radius 3 is 2.61 bits per heavy atom. The Bertz CT molecular complexity index is 697. The van der Waals surface area contributed by atoms with E-state index in [0.29, 0.717) is 10.4 Å². The second-order valence-corrected chi connectivity index (χ2v) is 5.07. The number of hydrogen-bond donors (Lipinski definition) is 0. The highest BCUT2D eigenvalue weighted by Crippen LogP contribution is 2.27. The lowest BCUT2D eigenvalue weighted by atomic mass is 10.1. The molecule has 0 N–H and O–H groups in total. The molecule has 2 aromatic carbocycles. The number of ketones is 1. The van der Waals surface area contributed by atoms with Gasteiger partial charge in [0, 0.05) is 10.3 Å². The molecule has 0 aliphatic carbocycles. The van der Waals surface area contributed by atoms with Gasteiger partial charge in [-0.2, -0.15) is 0 Å². The fraction of sp³-hybridized carbons (Fsp3) is 0. The Morgan fingerprint density at radius 1 is 1.00 bits per heavy atom. The Kier molecular flexibility index (Phi) is 2.68. The standard InChI is InChI=1S/C15H9FOS/c16-12-6-3-5-11(8-12)15(17)14-9-10-4-1-2-7-13(10)18-14/h1-9H. The molecule has 0 fully saturated rings. The SMILES string of the molecule is O=C(c1cccc(F)c1)c1cc2ccccc2s1. The van der Waals surface area contributed by atoms with Crippen LogP contribution >= 0.6 is 11.3 Å². The first-order valence-corrected chi connectivity index (χ1v) is 6.34. The van der Waals surface area contributed by atoms with Crippen molar-refractivity contribution < 1.29 is 9.18 Å². The maximum Gasteiger partial charge on any atom is 0.203 e. The minimum atomic E-state index is -0.387. The van der Waals surface area contributed by atoms with Crippen LogP contribution in [-0.2, 0) is 0 Å². The highest BCUT2D eigenvalue weighted by atomic mass is 32.1. The van der Waals surface area contributed by atoms with E-state index >= 15 is 0 Å². The molecule has 0 saturated carbocycles. The fourth-order valence-corrected chi connectivity index (χ4v) is 2.89. The monoisotopic (exact) mass is 256 g/mol. The quantitative estimate of drug-likeness (QED) is 0.626. The molecule has 88 valence electrons. The van der Waals surface area contributed by atoms with Crippen LogP contribution in [0.5, 0.6) is 0 Å². The molecule has 0 amide bonds. The molecule has 3 rings (SSSR count). The zero-order valence-electron chi connectivity index (χ0n) is 9.39. The van der Waals surface area contributed by atoms with Crippen LogP contribution in [0.2, 0.25) is 0 Å². The van der Waals surface area contributed by atoms with Gasteiger partial charge in [0.15, 0.2) is 0 Å². The first kappa shape index (κ1) is 11.1. The van der Waals surface area contributed by atoms with Gasteiger partial charge in [-0.25, -0.2) is 4.39 Å². The largest absolute Gasteiger partial charge is 0.288 e. The van der Waals surface area contributed by atoms with Crippen molar-refractivity contribution >= 4 is 27.2 Å². The normalized spacial score (nSPS) is 10.7. The predicted molar refractivity (Wildman–Crippen MR) is 71.7 cm³/mol. The molecule has 0 aliphatic rings. The van der Waals surface area contributed by atoms with Crippen molar-refractivity contribution in [3.8, 4) is 0 Å². The van der Waals surface area contributed by atoms with E-state index in [1.807, 2.05) is 30.3 Å². The number of rotatable bonds is 2. The van der Waals surface area contributed by atoms with Gasteiger partial charge in [0.1, 0.15) is 5.82 Å². The summed E-state index contributed by atoms with van der Waals surface area (Å²) in [6.07, 6.45) is 0. The van der Waals surface area contributed by atoms with Crippen molar-refractivity contribution in [3.63, 3.8) is 0 Å². The lowest BCUT2D eigenvalue weighted by Crippen LogP contribution is -1.98. The van der Waals surface area contributed by atoms with Crippen LogP contribution < -0.4 is 0 Å². The zero-order valence-corrected chi connectivity index (χ0v) is 10.2. The molecule has 3 aromatic rings. The number of hydrogen-bond acceptors (Lipinski definition) is 2. The first-order chi connectivity index (χ1) is 8.74. The minimum absolute atomic E-state index is 0.129. The van der Waals surface area contributed by atoms with E-state index in [9.17, 15) is 9.18 Å². The van der Waals surface area contributed by atoms with Crippen molar-refractivity contribution in [2.45, 2.75) is 0 Å². The van der Waals surface area contributed by atoms with Crippen LogP contribution in [0.3, 0.4) is 0 Å². The van der Waals surface area contributed by atoms with E-state index in [1.165, 1.54) is 23.5 Å². The molecule has 0 aliphatic heterocycles. The van der Waals surface area contributed by atoms with Gasteiger partial charge in [0.05, 0.1) is 4.88 Å². The summed E-state index contributed by atoms with van der Waals surface area (Å²) in [4.78, 5) is 12.9. The summed E-state index contributed by atoms with van der Waals surface area (Å²) in [5.74, 6) is -0.516. The van der Waals surface area contributed by atoms with Gasteiger partial charge in [-0.1, -0.05) is 30.3 Å². The third kappa shape index (κ3) is 1.93. The van der Waals surface area contributed by atoms with Crippen molar-refractivity contribution in [1.29, 1.82) is 0 Å². The number of carbonyl (C=O) groups is 1. The summed E-state index contributed by atoms with van der Waals surface area (Å²) < 4.78 is 14.2. The number of thiophene rings is 1. The number of halogens is 1. The Hall–Kier alpha value is -2.00. The molecular formula is C15H9FOS. The van der Waals surface area contributed by atoms with E-state index in [0.717, 1.165) is 10.1 Å². The highest BCUT2D eigenvalue weighted by Gasteiger charge is 2.12. The summed E-state index contributed by atoms with van der Waals surface area (Å²) in [7, 11) is 0. The van der Waals surface area contributed by atoms with Crippen molar-refractivity contribution in [3.05, 3.63) is 70.9 Å². The lowest BCUT2D eigenvalue weighted by molar-refractivity contribution is 0.104. The molecule has 1 nitrogen and oxygen atoms in total. The molecule has 18 heavy (non-hydrogen) atoms. The van der Waals surface area contributed by atoms with Crippen molar-refractivity contribution in [1.82, 2.24) is 0 Å². The molecule has 0 saturated heterocycles. The zero-order chi connectivity index (χ0) is 12.5. The number of benzene rings is 2.